The lowest BCUT2D eigenvalue weighted by molar-refractivity contribution is 0.141. The molecule has 0 N–H and O–H groups in total. The minimum Gasteiger partial charge on any atom is -0.477 e. The van der Waals surface area contributed by atoms with E-state index < -0.39 is 7.92 Å². The summed E-state index contributed by atoms with van der Waals surface area (Å²) in [7, 11) is -0.505. The summed E-state index contributed by atoms with van der Waals surface area (Å²) in [6.07, 6.45) is 2.39. The largest absolute Gasteiger partial charge is 0.477 e. The predicted octanol–water partition coefficient (Wildman–Crippen LogP) is 6.95. The Bertz CT molecular complexity index is 1220. The van der Waals surface area contributed by atoms with Gasteiger partial charge in [0.05, 0.1) is 0 Å². The normalized spacial score (nSPS) is 15.9. The molecule has 0 aliphatic carbocycles. The molecule has 0 radical (unpaired) electrons. The quantitative estimate of drug-likeness (QED) is 0.255. The summed E-state index contributed by atoms with van der Waals surface area (Å²) >= 11 is 0. The van der Waals surface area contributed by atoms with Crippen LogP contribution in [0.15, 0.2) is 116 Å². The fourth-order valence-electron chi connectivity index (χ4n) is 4.87. The molecule has 35 heavy (non-hydrogen) atoms. The van der Waals surface area contributed by atoms with Gasteiger partial charge in [0.1, 0.15) is 12.5 Å². The molecule has 5 rings (SSSR count). The van der Waals surface area contributed by atoms with Crippen LogP contribution < -0.4 is 15.3 Å². The van der Waals surface area contributed by atoms with Crippen LogP contribution >= 0.6 is 7.92 Å². The van der Waals surface area contributed by atoms with Crippen LogP contribution in [0.5, 0.6) is 5.75 Å². The number of benzene rings is 4. The lowest BCUT2D eigenvalue weighted by atomic mass is 9.97. The zero-order valence-corrected chi connectivity index (χ0v) is 21.2. The van der Waals surface area contributed by atoms with Crippen LogP contribution in [0.4, 0.5) is 0 Å². The summed E-state index contributed by atoms with van der Waals surface area (Å²) in [4.78, 5) is 2.54. The molecule has 176 valence electrons. The van der Waals surface area contributed by atoms with Gasteiger partial charge < -0.3 is 4.74 Å². The Hall–Kier alpha value is -3.19. The molecule has 0 saturated carbocycles. The van der Waals surface area contributed by atoms with Crippen molar-refractivity contribution in [2.24, 2.45) is 0 Å². The average Bonchev–Trinajstić information content (AvgIpc) is 3.37. The number of hydrogen-bond acceptors (Lipinski definition) is 2. The van der Waals surface area contributed by atoms with Crippen LogP contribution in [0.2, 0.25) is 0 Å². The second kappa shape index (κ2) is 11.0. The fraction of sp³-hybridized carbons (Fsp3) is 0.188. The van der Waals surface area contributed by atoms with Gasteiger partial charge >= 0.3 is 0 Å². The Kier molecular flexibility index (Phi) is 7.42. The summed E-state index contributed by atoms with van der Waals surface area (Å²) in [6.45, 7) is 8.17. The van der Waals surface area contributed by atoms with Gasteiger partial charge in [-0.3, -0.25) is 4.90 Å². The lowest BCUT2D eigenvalue weighted by Crippen LogP contribution is -2.36. The molecule has 0 amide bonds. The smallest absolute Gasteiger partial charge is 0.142 e. The van der Waals surface area contributed by atoms with Gasteiger partial charge in [0.15, 0.2) is 0 Å². The van der Waals surface area contributed by atoms with E-state index in [2.05, 4.69) is 122 Å². The van der Waals surface area contributed by atoms with Crippen molar-refractivity contribution in [3.8, 4) is 5.75 Å². The van der Waals surface area contributed by atoms with E-state index in [1.54, 1.807) is 0 Å². The minimum atomic E-state index is -0.505. The molecule has 0 spiro atoms. The van der Waals surface area contributed by atoms with Crippen LogP contribution in [-0.4, -0.2) is 24.0 Å². The van der Waals surface area contributed by atoms with Crippen LogP contribution in [0.1, 0.15) is 29.5 Å². The number of likely N-dealkylation sites (tertiary alicyclic amines) is 1. The van der Waals surface area contributed by atoms with E-state index >= 15 is 0 Å². The Morgan fingerprint density at radius 2 is 1.46 bits per heavy atom. The first kappa shape index (κ1) is 23.5. The molecular formula is C32H32NOP. The van der Waals surface area contributed by atoms with Crippen molar-refractivity contribution in [3.05, 3.63) is 132 Å². The monoisotopic (exact) mass is 477 g/mol. The number of hydrogen-bond donors (Lipinski definition) is 0. The van der Waals surface area contributed by atoms with E-state index in [1.807, 2.05) is 6.07 Å². The summed E-state index contributed by atoms with van der Waals surface area (Å²) in [5.74, 6) is 1.36. The maximum Gasteiger partial charge on any atom is 0.142 e. The zero-order valence-electron chi connectivity index (χ0n) is 20.3. The van der Waals surface area contributed by atoms with Crippen molar-refractivity contribution in [2.75, 3.05) is 13.3 Å². The van der Waals surface area contributed by atoms with Crippen molar-refractivity contribution in [3.63, 3.8) is 0 Å². The third-order valence-electron chi connectivity index (χ3n) is 6.66. The van der Waals surface area contributed by atoms with Crippen LogP contribution in [0, 0.1) is 6.92 Å². The van der Waals surface area contributed by atoms with E-state index in [0.717, 1.165) is 29.0 Å². The Balaban J connectivity index is 1.40. The topological polar surface area (TPSA) is 12.5 Å². The number of nitrogens with zero attached hydrogens (tertiary/aromatic N) is 1. The second-order valence-electron chi connectivity index (χ2n) is 9.09. The molecule has 1 fully saturated rings. The number of rotatable bonds is 8. The van der Waals surface area contributed by atoms with Crippen LogP contribution in [-0.2, 0) is 0 Å². The van der Waals surface area contributed by atoms with Crippen molar-refractivity contribution < 1.29 is 4.74 Å². The first-order chi connectivity index (χ1) is 17.2. The van der Waals surface area contributed by atoms with E-state index in [0.29, 0.717) is 12.5 Å². The Morgan fingerprint density at radius 3 is 2.09 bits per heavy atom. The zero-order chi connectivity index (χ0) is 24.0. The van der Waals surface area contributed by atoms with Crippen molar-refractivity contribution in [1.82, 2.24) is 4.90 Å². The molecule has 1 aliphatic rings. The van der Waals surface area contributed by atoms with Gasteiger partial charge in [-0.15, -0.1) is 0 Å². The molecule has 1 saturated heterocycles. The molecule has 0 aromatic heterocycles. The van der Waals surface area contributed by atoms with E-state index in [1.165, 1.54) is 29.0 Å². The molecular weight excluding hydrogens is 445 g/mol. The van der Waals surface area contributed by atoms with Crippen LogP contribution in [0.25, 0.3) is 5.57 Å². The third-order valence-corrected chi connectivity index (χ3v) is 9.55. The van der Waals surface area contributed by atoms with Gasteiger partial charge in [0, 0.05) is 17.9 Å². The Labute approximate surface area is 210 Å². The lowest BCUT2D eigenvalue weighted by Gasteiger charge is -2.32. The summed E-state index contributed by atoms with van der Waals surface area (Å²) < 4.78 is 6.55. The molecule has 1 heterocycles. The van der Waals surface area contributed by atoms with Gasteiger partial charge in [0.2, 0.25) is 0 Å². The molecule has 4 aromatic rings. The molecule has 1 atom stereocenters. The van der Waals surface area contributed by atoms with Gasteiger partial charge in [0.25, 0.3) is 0 Å². The highest BCUT2D eigenvalue weighted by Crippen LogP contribution is 2.46. The van der Waals surface area contributed by atoms with Gasteiger partial charge in [-0.2, -0.15) is 0 Å². The van der Waals surface area contributed by atoms with E-state index in [9.17, 15) is 0 Å². The maximum atomic E-state index is 6.55. The van der Waals surface area contributed by atoms with Gasteiger partial charge in [-0.25, -0.2) is 0 Å². The van der Waals surface area contributed by atoms with Crippen LogP contribution in [0.3, 0.4) is 0 Å². The van der Waals surface area contributed by atoms with Crippen molar-refractivity contribution in [1.29, 1.82) is 0 Å². The number of aryl methyl sites for hydroxylation is 1. The SMILES string of the molecule is C=C(c1ccccc1)c1cc(C)ccc1OCN1CCCC1P(c1ccccc1)c1ccccc1. The van der Waals surface area contributed by atoms with E-state index in [-0.39, 0.29) is 0 Å². The van der Waals surface area contributed by atoms with Gasteiger partial charge in [-0.1, -0.05) is 109 Å². The molecule has 4 aromatic carbocycles. The Morgan fingerprint density at radius 1 is 0.857 bits per heavy atom. The highest BCUT2D eigenvalue weighted by atomic mass is 31.1. The molecule has 2 nitrogen and oxygen atoms in total. The van der Waals surface area contributed by atoms with Gasteiger partial charge in [-0.05, 0) is 61.6 Å². The molecule has 1 aliphatic heterocycles. The van der Waals surface area contributed by atoms with E-state index in [4.69, 9.17) is 4.74 Å². The summed E-state index contributed by atoms with van der Waals surface area (Å²) in [6, 6.07) is 38.8. The number of ether oxygens (including phenoxy) is 1. The fourth-order valence-corrected chi connectivity index (χ4v) is 7.80. The first-order valence-corrected chi connectivity index (χ1v) is 13.7. The van der Waals surface area contributed by atoms with Crippen molar-refractivity contribution in [2.45, 2.75) is 25.5 Å². The van der Waals surface area contributed by atoms with Crippen molar-refractivity contribution >= 4 is 24.1 Å². The molecule has 1 unspecified atom stereocenters. The average molecular weight is 478 g/mol. The first-order valence-electron chi connectivity index (χ1n) is 12.3. The molecule has 0 bridgehead atoms. The maximum absolute atomic E-state index is 6.55. The highest BCUT2D eigenvalue weighted by Gasteiger charge is 2.33. The minimum absolute atomic E-state index is 0.459. The summed E-state index contributed by atoms with van der Waals surface area (Å²) in [5, 5.41) is 2.86. The highest BCUT2D eigenvalue weighted by molar-refractivity contribution is 7.73. The summed E-state index contributed by atoms with van der Waals surface area (Å²) in [5.41, 5.74) is 4.40. The third kappa shape index (κ3) is 5.40. The second-order valence-corrected chi connectivity index (χ2v) is 11.5. The molecule has 3 heteroatoms. The predicted molar refractivity (Wildman–Crippen MR) is 150 cm³/mol. The standard InChI is InChI=1S/C32H32NOP/c1-25-20-21-31(30(23-25)26(2)27-13-6-3-7-14-27)34-24-33-22-12-19-32(33)35(28-15-8-4-9-16-28)29-17-10-5-11-18-29/h3-11,13-18,20-21,23,32H,2,12,19,22,24H2,1H3.